The second kappa shape index (κ2) is 10.0. The summed E-state index contributed by atoms with van der Waals surface area (Å²) < 4.78 is 48.6. The van der Waals surface area contributed by atoms with Crippen LogP contribution in [0.1, 0.15) is 28.3 Å². The lowest BCUT2D eigenvalue weighted by molar-refractivity contribution is -0.274. The number of hydrogen-bond donors (Lipinski definition) is 2. The van der Waals surface area contributed by atoms with Crippen molar-refractivity contribution in [2.75, 3.05) is 18.6 Å². The zero-order chi connectivity index (χ0) is 25.2. The first-order valence-corrected chi connectivity index (χ1v) is 11.0. The fourth-order valence-electron chi connectivity index (χ4n) is 3.67. The van der Waals surface area contributed by atoms with Crippen molar-refractivity contribution < 1.29 is 32.5 Å². The Balaban J connectivity index is 1.49. The van der Waals surface area contributed by atoms with Gasteiger partial charge < -0.3 is 29.4 Å². The molecule has 1 aliphatic heterocycles. The number of carbonyl (C=O) groups excluding carboxylic acids is 1. The van der Waals surface area contributed by atoms with E-state index in [1.165, 1.54) is 23.1 Å². The van der Waals surface area contributed by atoms with Crippen molar-refractivity contribution in [3.8, 4) is 11.5 Å². The second-order valence-corrected chi connectivity index (χ2v) is 8.28. The van der Waals surface area contributed by atoms with Gasteiger partial charge in [-0.3, -0.25) is 4.79 Å². The van der Waals surface area contributed by atoms with Crippen molar-refractivity contribution in [1.82, 2.24) is 14.9 Å². The average molecular weight is 511 g/mol. The Kier molecular flexibility index (Phi) is 7.08. The van der Waals surface area contributed by atoms with Crippen molar-refractivity contribution in [2.45, 2.75) is 32.1 Å². The number of amides is 1. The van der Waals surface area contributed by atoms with Crippen molar-refractivity contribution in [1.29, 1.82) is 0 Å². The van der Waals surface area contributed by atoms with Gasteiger partial charge in [0, 0.05) is 31.1 Å². The first-order valence-electron chi connectivity index (χ1n) is 10.6. The zero-order valence-electron chi connectivity index (χ0n) is 18.6. The van der Waals surface area contributed by atoms with Gasteiger partial charge in [-0.1, -0.05) is 29.8 Å². The van der Waals surface area contributed by atoms with Crippen molar-refractivity contribution in [2.24, 2.45) is 0 Å². The molecule has 2 heterocycles. The topological polar surface area (TPSA) is 88.9 Å². The maximum atomic E-state index is 12.7. The van der Waals surface area contributed by atoms with Crippen LogP contribution in [0.2, 0.25) is 5.02 Å². The van der Waals surface area contributed by atoms with Gasteiger partial charge in [0.2, 0.25) is 6.35 Å². The number of hydrogen-bond acceptors (Lipinski definition) is 6. The lowest BCUT2D eigenvalue weighted by Gasteiger charge is -2.29. The number of aliphatic hydroxyl groups excluding tert-OH is 1. The summed E-state index contributed by atoms with van der Waals surface area (Å²) >= 11 is 5.98. The normalized spacial score (nSPS) is 15.5. The Morgan fingerprint density at radius 2 is 1.89 bits per heavy atom. The van der Waals surface area contributed by atoms with E-state index in [1.54, 1.807) is 23.7 Å². The van der Waals surface area contributed by atoms with Gasteiger partial charge >= 0.3 is 6.36 Å². The summed E-state index contributed by atoms with van der Waals surface area (Å²) in [6, 6.07) is 12.5. The molecular weight excluding hydrogens is 489 g/mol. The fourth-order valence-corrected chi connectivity index (χ4v) is 3.79. The van der Waals surface area contributed by atoms with Crippen LogP contribution in [0.25, 0.3) is 0 Å². The molecule has 1 aromatic heterocycles. The molecule has 35 heavy (non-hydrogen) atoms. The highest BCUT2D eigenvalue weighted by Crippen LogP contribution is 2.28. The number of halogens is 4. The Labute approximate surface area is 203 Å². The molecule has 0 radical (unpaired) electrons. The number of aliphatic hydroxyl groups is 1. The van der Waals surface area contributed by atoms with Gasteiger partial charge in [-0.15, -0.1) is 13.2 Å². The number of benzene rings is 2. The minimum atomic E-state index is -4.79. The SMILES string of the molecule is CN1c2nc(CCCOc3cccc(OC(F)(F)F)c3)n(Cc3ccc(Cl)cc3)c2C(=O)NC1O. The largest absolute Gasteiger partial charge is 0.573 e. The molecular formula is C23H22ClF3N4O4. The van der Waals surface area contributed by atoms with Crippen LogP contribution in [0.5, 0.6) is 11.5 Å². The summed E-state index contributed by atoms with van der Waals surface area (Å²) in [5, 5.41) is 13.2. The average Bonchev–Trinajstić information content (AvgIpc) is 3.14. The van der Waals surface area contributed by atoms with E-state index in [4.69, 9.17) is 16.3 Å². The van der Waals surface area contributed by atoms with Gasteiger partial charge in [0.1, 0.15) is 17.3 Å². The van der Waals surface area contributed by atoms with Crippen LogP contribution in [0.3, 0.4) is 0 Å². The Morgan fingerprint density at radius 1 is 1.17 bits per heavy atom. The molecule has 8 nitrogen and oxygen atoms in total. The minimum Gasteiger partial charge on any atom is -0.493 e. The zero-order valence-corrected chi connectivity index (χ0v) is 19.3. The van der Waals surface area contributed by atoms with E-state index in [9.17, 15) is 23.1 Å². The van der Waals surface area contributed by atoms with E-state index >= 15 is 0 Å². The number of nitrogens with one attached hydrogen (secondary N) is 1. The monoisotopic (exact) mass is 510 g/mol. The van der Waals surface area contributed by atoms with Crippen molar-refractivity contribution in [3.63, 3.8) is 0 Å². The van der Waals surface area contributed by atoms with Crippen molar-refractivity contribution >= 4 is 23.3 Å². The molecule has 1 atom stereocenters. The molecule has 3 aromatic rings. The molecule has 0 bridgehead atoms. The Hall–Kier alpha value is -3.44. The molecule has 0 spiro atoms. The van der Waals surface area contributed by atoms with Crippen molar-refractivity contribution in [3.05, 3.63) is 70.6 Å². The highest BCUT2D eigenvalue weighted by Gasteiger charge is 2.34. The van der Waals surface area contributed by atoms with Gasteiger partial charge in [0.05, 0.1) is 6.61 Å². The van der Waals surface area contributed by atoms with E-state index in [0.29, 0.717) is 41.7 Å². The summed E-state index contributed by atoms with van der Waals surface area (Å²) in [6.07, 6.45) is -5.10. The number of aromatic nitrogens is 2. The van der Waals surface area contributed by atoms with Crippen LogP contribution in [0.4, 0.5) is 19.0 Å². The Morgan fingerprint density at radius 3 is 2.60 bits per heavy atom. The third-order valence-electron chi connectivity index (χ3n) is 5.31. The van der Waals surface area contributed by atoms with Gasteiger partial charge in [0.15, 0.2) is 11.5 Å². The number of nitrogens with zero attached hydrogens (tertiary/aromatic N) is 3. The fraction of sp³-hybridized carbons (Fsp3) is 0.304. The number of carbonyl (C=O) groups is 1. The number of ether oxygens (including phenoxy) is 2. The number of anilines is 1. The van der Waals surface area contributed by atoms with E-state index < -0.39 is 18.6 Å². The highest BCUT2D eigenvalue weighted by atomic mass is 35.5. The minimum absolute atomic E-state index is 0.193. The van der Waals surface area contributed by atoms with Gasteiger partial charge in [-0.2, -0.15) is 0 Å². The van der Waals surface area contributed by atoms with Crippen LogP contribution in [0, 0.1) is 0 Å². The standard InChI is InChI=1S/C23H22ClF3N4O4/c1-30-20-19(21(32)29-22(30)33)31(13-14-7-9-15(24)10-8-14)18(28-20)6-3-11-34-16-4-2-5-17(12-16)35-23(25,26)27/h2,4-5,7-10,12,22,33H,3,6,11,13H2,1H3,(H,29,32). The van der Waals surface area contributed by atoms with Crippen LogP contribution < -0.4 is 19.7 Å². The molecule has 1 unspecified atom stereocenters. The second-order valence-electron chi connectivity index (χ2n) is 7.85. The smallest absolute Gasteiger partial charge is 0.493 e. The highest BCUT2D eigenvalue weighted by molar-refractivity contribution is 6.30. The lowest BCUT2D eigenvalue weighted by atomic mass is 10.2. The Bertz CT molecular complexity index is 1200. The third kappa shape index (κ3) is 5.98. The summed E-state index contributed by atoms with van der Waals surface area (Å²) in [4.78, 5) is 18.7. The number of alkyl halides is 3. The molecule has 0 fully saturated rings. The molecule has 2 N–H and O–H groups in total. The maximum absolute atomic E-state index is 12.7. The molecule has 0 saturated heterocycles. The molecule has 0 aliphatic carbocycles. The molecule has 0 saturated carbocycles. The van der Waals surface area contributed by atoms with Gasteiger partial charge in [0.25, 0.3) is 5.91 Å². The predicted octanol–water partition coefficient (Wildman–Crippen LogP) is 3.95. The molecule has 186 valence electrons. The summed E-state index contributed by atoms with van der Waals surface area (Å²) in [6.45, 7) is 0.544. The molecule has 1 aliphatic rings. The van der Waals surface area contributed by atoms with E-state index in [2.05, 4.69) is 15.0 Å². The molecule has 2 aromatic carbocycles. The number of fused-ring (bicyclic) bond motifs is 1. The maximum Gasteiger partial charge on any atom is 0.573 e. The first kappa shape index (κ1) is 24.7. The van der Waals surface area contributed by atoms with Crippen LogP contribution in [0.15, 0.2) is 48.5 Å². The predicted molar refractivity (Wildman–Crippen MR) is 122 cm³/mol. The molecule has 4 rings (SSSR count). The summed E-state index contributed by atoms with van der Waals surface area (Å²) in [5.74, 6) is 0.365. The number of imidazole rings is 1. The van der Waals surface area contributed by atoms with E-state index in [0.717, 1.165) is 11.6 Å². The van der Waals surface area contributed by atoms with Crippen LogP contribution >= 0.6 is 11.6 Å². The first-order chi connectivity index (χ1) is 16.6. The summed E-state index contributed by atoms with van der Waals surface area (Å²) in [7, 11) is 1.62. The summed E-state index contributed by atoms with van der Waals surface area (Å²) in [5.41, 5.74) is 1.22. The van der Waals surface area contributed by atoms with Gasteiger partial charge in [-0.25, -0.2) is 4.98 Å². The van der Waals surface area contributed by atoms with Crippen LogP contribution in [-0.4, -0.2) is 46.9 Å². The lowest BCUT2D eigenvalue weighted by Crippen LogP contribution is -2.51. The third-order valence-corrected chi connectivity index (χ3v) is 5.56. The quantitative estimate of drug-likeness (QED) is 0.446. The van der Waals surface area contributed by atoms with Gasteiger partial charge in [-0.05, 0) is 36.2 Å². The number of rotatable bonds is 8. The van der Waals surface area contributed by atoms with E-state index in [1.807, 2.05) is 12.1 Å². The number of aryl methyl sites for hydroxylation is 1. The molecule has 12 heteroatoms. The van der Waals surface area contributed by atoms with E-state index in [-0.39, 0.29) is 18.1 Å². The van der Waals surface area contributed by atoms with Crippen LogP contribution in [-0.2, 0) is 13.0 Å². The molecule has 1 amide bonds.